The van der Waals surface area contributed by atoms with Gasteiger partial charge in [0.15, 0.2) is 11.5 Å². The van der Waals surface area contributed by atoms with Crippen molar-refractivity contribution < 1.29 is 23.8 Å². The normalized spacial score (nSPS) is 12.7. The zero-order valence-electron chi connectivity index (χ0n) is 16.2. The largest absolute Gasteiger partial charge is 0.493 e. The SMILES string of the molecule is CCOC(=O)c1c(NC(=O)C=Cc2ccc(OC)c(OC)c2)sc2c1CCC2. The summed E-state index contributed by atoms with van der Waals surface area (Å²) in [5.74, 6) is 0.530. The van der Waals surface area contributed by atoms with E-state index >= 15 is 0 Å². The molecule has 0 aliphatic heterocycles. The van der Waals surface area contributed by atoms with Gasteiger partial charge in [-0.3, -0.25) is 4.79 Å². The van der Waals surface area contributed by atoms with Gasteiger partial charge in [0.25, 0.3) is 0 Å². The average molecular weight is 401 g/mol. The van der Waals surface area contributed by atoms with E-state index in [0.717, 1.165) is 35.3 Å². The minimum atomic E-state index is -0.374. The molecule has 1 aliphatic rings. The highest BCUT2D eigenvalue weighted by atomic mass is 32.1. The molecule has 0 unspecified atom stereocenters. The zero-order valence-corrected chi connectivity index (χ0v) is 17.0. The summed E-state index contributed by atoms with van der Waals surface area (Å²) in [5, 5.41) is 3.40. The number of esters is 1. The van der Waals surface area contributed by atoms with Crippen LogP contribution in [0.1, 0.15) is 39.7 Å². The quantitative estimate of drug-likeness (QED) is 0.559. The Labute approximate surface area is 168 Å². The topological polar surface area (TPSA) is 73.9 Å². The van der Waals surface area contributed by atoms with Crippen LogP contribution < -0.4 is 14.8 Å². The van der Waals surface area contributed by atoms with Crippen molar-refractivity contribution in [2.75, 3.05) is 26.1 Å². The highest BCUT2D eigenvalue weighted by Gasteiger charge is 2.28. The lowest BCUT2D eigenvalue weighted by molar-refractivity contribution is -0.111. The van der Waals surface area contributed by atoms with Gasteiger partial charge in [-0.15, -0.1) is 11.3 Å². The highest BCUT2D eigenvalue weighted by Crippen LogP contribution is 2.39. The van der Waals surface area contributed by atoms with Gasteiger partial charge in [-0.1, -0.05) is 6.07 Å². The van der Waals surface area contributed by atoms with Crippen LogP contribution in [-0.4, -0.2) is 32.7 Å². The number of rotatable bonds is 7. The summed E-state index contributed by atoms with van der Waals surface area (Å²) >= 11 is 1.46. The maximum atomic E-state index is 12.4. The third-order valence-corrected chi connectivity index (χ3v) is 5.68. The van der Waals surface area contributed by atoms with E-state index < -0.39 is 0 Å². The van der Waals surface area contributed by atoms with Gasteiger partial charge < -0.3 is 19.5 Å². The van der Waals surface area contributed by atoms with Crippen LogP contribution in [0.5, 0.6) is 11.5 Å². The van der Waals surface area contributed by atoms with Crippen molar-refractivity contribution in [3.05, 3.63) is 45.8 Å². The molecule has 0 saturated heterocycles. The average Bonchev–Trinajstić information content (AvgIpc) is 3.26. The number of fused-ring (bicyclic) bond motifs is 1. The van der Waals surface area contributed by atoms with Crippen molar-refractivity contribution in [2.24, 2.45) is 0 Å². The molecule has 0 bridgehead atoms. The highest BCUT2D eigenvalue weighted by molar-refractivity contribution is 7.17. The summed E-state index contributed by atoms with van der Waals surface area (Å²) in [7, 11) is 3.13. The van der Waals surface area contributed by atoms with E-state index in [4.69, 9.17) is 14.2 Å². The van der Waals surface area contributed by atoms with E-state index in [0.29, 0.717) is 28.7 Å². The molecule has 1 amide bonds. The molecule has 0 atom stereocenters. The first-order chi connectivity index (χ1) is 13.6. The predicted molar refractivity (Wildman–Crippen MR) is 110 cm³/mol. The fraction of sp³-hybridized carbons (Fsp3) is 0.333. The lowest BCUT2D eigenvalue weighted by atomic mass is 10.1. The molecule has 7 heteroatoms. The number of carbonyl (C=O) groups is 2. The molecule has 0 fully saturated rings. The van der Waals surface area contributed by atoms with Crippen LogP contribution in [0.25, 0.3) is 6.08 Å². The maximum absolute atomic E-state index is 12.4. The lowest BCUT2D eigenvalue weighted by Gasteiger charge is -2.08. The van der Waals surface area contributed by atoms with Crippen molar-refractivity contribution >= 4 is 34.3 Å². The Morgan fingerprint density at radius 3 is 2.68 bits per heavy atom. The summed E-state index contributed by atoms with van der Waals surface area (Å²) in [6.07, 6.45) is 5.92. The number of hydrogen-bond donors (Lipinski definition) is 1. The Balaban J connectivity index is 1.77. The van der Waals surface area contributed by atoms with Crippen LogP contribution in [0.3, 0.4) is 0 Å². The van der Waals surface area contributed by atoms with Crippen LogP contribution >= 0.6 is 11.3 Å². The van der Waals surface area contributed by atoms with Crippen molar-refractivity contribution in [2.45, 2.75) is 26.2 Å². The van der Waals surface area contributed by atoms with Gasteiger partial charge >= 0.3 is 5.97 Å². The van der Waals surface area contributed by atoms with Crippen LogP contribution in [0.2, 0.25) is 0 Å². The number of anilines is 1. The molecular weight excluding hydrogens is 378 g/mol. The Morgan fingerprint density at radius 1 is 1.18 bits per heavy atom. The Hall–Kier alpha value is -2.80. The molecule has 1 aromatic carbocycles. The second kappa shape index (κ2) is 8.93. The molecule has 6 nitrogen and oxygen atoms in total. The molecule has 3 rings (SSSR count). The smallest absolute Gasteiger partial charge is 0.341 e. The molecule has 0 spiro atoms. The van der Waals surface area contributed by atoms with Crippen LogP contribution in [0.15, 0.2) is 24.3 Å². The molecule has 0 saturated carbocycles. The number of amides is 1. The molecule has 148 valence electrons. The van der Waals surface area contributed by atoms with Gasteiger partial charge in [0.05, 0.1) is 26.4 Å². The Morgan fingerprint density at radius 2 is 1.96 bits per heavy atom. The van der Waals surface area contributed by atoms with Crippen molar-refractivity contribution in [3.8, 4) is 11.5 Å². The fourth-order valence-corrected chi connectivity index (χ4v) is 4.47. The zero-order chi connectivity index (χ0) is 20.1. The number of thiophene rings is 1. The number of benzene rings is 1. The first kappa shape index (κ1) is 19.9. The first-order valence-corrected chi connectivity index (χ1v) is 9.91. The summed E-state index contributed by atoms with van der Waals surface area (Å²) in [5.41, 5.74) is 2.32. The van der Waals surface area contributed by atoms with Gasteiger partial charge in [-0.25, -0.2) is 4.79 Å². The van der Waals surface area contributed by atoms with Crippen LogP contribution in [0, 0.1) is 0 Å². The van der Waals surface area contributed by atoms with Crippen molar-refractivity contribution in [1.29, 1.82) is 0 Å². The van der Waals surface area contributed by atoms with Crippen molar-refractivity contribution in [3.63, 3.8) is 0 Å². The molecule has 1 heterocycles. The summed E-state index contributed by atoms with van der Waals surface area (Å²) in [4.78, 5) is 25.9. The second-order valence-corrected chi connectivity index (χ2v) is 7.32. The van der Waals surface area contributed by atoms with Crippen LogP contribution in [0.4, 0.5) is 5.00 Å². The summed E-state index contributed by atoms with van der Waals surface area (Å²) in [6.45, 7) is 2.07. The number of methoxy groups -OCH3 is 2. The number of nitrogens with one attached hydrogen (secondary N) is 1. The number of ether oxygens (including phenoxy) is 3. The van der Waals surface area contributed by atoms with Gasteiger partial charge in [0.2, 0.25) is 5.91 Å². The molecule has 28 heavy (non-hydrogen) atoms. The Bertz CT molecular complexity index is 916. The molecule has 1 aromatic heterocycles. The van der Waals surface area contributed by atoms with E-state index in [-0.39, 0.29) is 11.9 Å². The molecule has 2 aromatic rings. The first-order valence-electron chi connectivity index (χ1n) is 9.10. The van der Waals surface area contributed by atoms with Crippen LogP contribution in [-0.2, 0) is 22.4 Å². The van der Waals surface area contributed by atoms with Gasteiger partial charge in [-0.05, 0) is 55.5 Å². The maximum Gasteiger partial charge on any atom is 0.341 e. The van der Waals surface area contributed by atoms with E-state index in [1.807, 2.05) is 6.07 Å². The number of hydrogen-bond acceptors (Lipinski definition) is 6. The van der Waals surface area contributed by atoms with Gasteiger partial charge in [-0.2, -0.15) is 0 Å². The minimum absolute atomic E-state index is 0.302. The monoisotopic (exact) mass is 401 g/mol. The van der Waals surface area contributed by atoms with Gasteiger partial charge in [0.1, 0.15) is 5.00 Å². The molecule has 0 radical (unpaired) electrons. The van der Waals surface area contributed by atoms with E-state index in [1.165, 1.54) is 17.4 Å². The third kappa shape index (κ3) is 4.20. The molecule has 1 aliphatic carbocycles. The summed E-state index contributed by atoms with van der Waals surface area (Å²) in [6, 6.07) is 5.39. The van der Waals surface area contributed by atoms with Gasteiger partial charge in [0, 0.05) is 11.0 Å². The minimum Gasteiger partial charge on any atom is -0.493 e. The van der Waals surface area contributed by atoms with Crippen molar-refractivity contribution in [1.82, 2.24) is 0 Å². The number of carbonyl (C=O) groups excluding carboxylic acids is 2. The molecule has 1 N–H and O–H groups in total. The summed E-state index contributed by atoms with van der Waals surface area (Å²) < 4.78 is 15.7. The van der Waals surface area contributed by atoms with E-state index in [1.54, 1.807) is 39.4 Å². The molecular formula is C21H23NO5S. The third-order valence-electron chi connectivity index (χ3n) is 4.47. The van der Waals surface area contributed by atoms with E-state index in [9.17, 15) is 9.59 Å². The number of aryl methyl sites for hydroxylation is 1. The standard InChI is InChI=1S/C21H23NO5S/c1-4-27-21(24)19-14-6-5-7-17(14)28-20(19)22-18(23)11-9-13-8-10-15(25-2)16(12-13)26-3/h8-12H,4-7H2,1-3H3,(H,22,23). The Kier molecular flexibility index (Phi) is 6.36. The predicted octanol–water partition coefficient (Wildman–Crippen LogP) is 4.08. The second-order valence-electron chi connectivity index (χ2n) is 6.22. The lowest BCUT2D eigenvalue weighted by Crippen LogP contribution is -2.13. The van der Waals surface area contributed by atoms with E-state index in [2.05, 4.69) is 5.32 Å². The fourth-order valence-electron chi connectivity index (χ4n) is 3.19.